The average molecular weight is 256 g/mol. The average Bonchev–Trinajstić information content (AvgIpc) is 2.46. The van der Waals surface area contributed by atoms with Crippen LogP contribution in [0.15, 0.2) is 53.7 Å². The molecule has 0 bridgehead atoms. The van der Waals surface area contributed by atoms with Gasteiger partial charge in [-0.05, 0) is 36.4 Å². The zero-order chi connectivity index (χ0) is 12.8. The van der Waals surface area contributed by atoms with Crippen molar-refractivity contribution in [2.24, 2.45) is 0 Å². The van der Waals surface area contributed by atoms with Crippen LogP contribution in [0.4, 0.5) is 0 Å². The van der Waals surface area contributed by atoms with E-state index >= 15 is 0 Å². The standard InChI is InChI=1S/C16H18NS/c1-3-17-12-10-15(11-13-17)5-4-14-6-8-16(18-2)9-7-14/h4-13H,3H2,1-2H3/q+1/b5-4+. The molecule has 92 valence electrons. The minimum Gasteiger partial charge on any atom is -0.205 e. The second-order valence-corrected chi connectivity index (χ2v) is 4.95. The minimum absolute atomic E-state index is 1.01. The highest BCUT2D eigenvalue weighted by Crippen LogP contribution is 2.16. The number of benzene rings is 1. The lowest BCUT2D eigenvalue weighted by Gasteiger charge is -1.97. The van der Waals surface area contributed by atoms with Crippen molar-refractivity contribution in [3.8, 4) is 0 Å². The lowest BCUT2D eigenvalue weighted by molar-refractivity contribution is -0.693. The van der Waals surface area contributed by atoms with Crippen molar-refractivity contribution in [1.29, 1.82) is 0 Å². The Morgan fingerprint density at radius 3 is 2.00 bits per heavy atom. The Balaban J connectivity index is 2.08. The summed E-state index contributed by atoms with van der Waals surface area (Å²) in [5, 5.41) is 0. The second kappa shape index (κ2) is 6.41. The Morgan fingerprint density at radius 2 is 1.50 bits per heavy atom. The fourth-order valence-electron chi connectivity index (χ4n) is 1.70. The number of hydrogen-bond acceptors (Lipinski definition) is 1. The number of thioether (sulfide) groups is 1. The Bertz CT molecular complexity index is 462. The normalized spacial score (nSPS) is 11.0. The minimum atomic E-state index is 1.01. The number of aromatic nitrogens is 1. The summed E-state index contributed by atoms with van der Waals surface area (Å²) in [4.78, 5) is 1.30. The molecule has 0 saturated heterocycles. The molecule has 0 saturated carbocycles. The van der Waals surface area contributed by atoms with Crippen LogP contribution in [0.3, 0.4) is 0 Å². The molecule has 1 aromatic carbocycles. The first kappa shape index (κ1) is 12.9. The van der Waals surface area contributed by atoms with Crippen molar-refractivity contribution in [3.63, 3.8) is 0 Å². The predicted molar refractivity (Wildman–Crippen MR) is 79.5 cm³/mol. The van der Waals surface area contributed by atoms with Gasteiger partial charge in [0.2, 0.25) is 0 Å². The molecule has 2 rings (SSSR count). The molecule has 0 aliphatic carbocycles. The Hall–Kier alpha value is -1.54. The summed E-state index contributed by atoms with van der Waals surface area (Å²) in [6, 6.07) is 12.9. The summed E-state index contributed by atoms with van der Waals surface area (Å²) in [6.45, 7) is 3.16. The van der Waals surface area contributed by atoms with Gasteiger partial charge in [-0.1, -0.05) is 24.3 Å². The Kier molecular flexibility index (Phi) is 4.59. The molecular formula is C16H18NS+. The van der Waals surface area contributed by atoms with Crippen molar-refractivity contribution in [2.75, 3.05) is 6.26 Å². The van der Waals surface area contributed by atoms with Crippen LogP contribution in [-0.2, 0) is 6.54 Å². The maximum Gasteiger partial charge on any atom is 0.169 e. The first-order valence-electron chi connectivity index (χ1n) is 6.13. The Labute approximate surface area is 113 Å². The number of rotatable bonds is 4. The highest BCUT2D eigenvalue weighted by Gasteiger charge is 1.95. The molecule has 0 radical (unpaired) electrons. The van der Waals surface area contributed by atoms with Crippen molar-refractivity contribution >= 4 is 23.9 Å². The number of pyridine rings is 1. The van der Waals surface area contributed by atoms with Gasteiger partial charge < -0.3 is 0 Å². The zero-order valence-electron chi connectivity index (χ0n) is 10.8. The molecule has 0 N–H and O–H groups in total. The van der Waals surface area contributed by atoms with Crippen LogP contribution >= 0.6 is 11.8 Å². The molecule has 0 aliphatic rings. The van der Waals surface area contributed by atoms with Gasteiger partial charge in [0.15, 0.2) is 12.4 Å². The van der Waals surface area contributed by atoms with Crippen LogP contribution in [0.1, 0.15) is 18.1 Å². The van der Waals surface area contributed by atoms with Gasteiger partial charge in [-0.2, -0.15) is 0 Å². The summed E-state index contributed by atoms with van der Waals surface area (Å²) in [5.41, 5.74) is 2.47. The maximum atomic E-state index is 2.16. The van der Waals surface area contributed by atoms with E-state index in [-0.39, 0.29) is 0 Å². The number of aryl methyl sites for hydroxylation is 1. The van der Waals surface area contributed by atoms with Crippen LogP contribution in [0, 0.1) is 0 Å². The molecule has 0 fully saturated rings. The molecule has 1 nitrogen and oxygen atoms in total. The molecule has 18 heavy (non-hydrogen) atoms. The van der Waals surface area contributed by atoms with Crippen molar-refractivity contribution in [1.82, 2.24) is 0 Å². The van der Waals surface area contributed by atoms with E-state index in [0.717, 1.165) is 6.54 Å². The molecule has 0 amide bonds. The highest BCUT2D eigenvalue weighted by atomic mass is 32.2. The number of nitrogens with zero attached hydrogens (tertiary/aromatic N) is 1. The predicted octanol–water partition coefficient (Wildman–Crippen LogP) is 3.89. The van der Waals surface area contributed by atoms with E-state index in [2.05, 4.69) is 78.7 Å². The third-order valence-corrected chi connectivity index (χ3v) is 3.61. The number of hydrogen-bond donors (Lipinski definition) is 0. The summed E-state index contributed by atoms with van der Waals surface area (Å²) in [6.07, 6.45) is 10.6. The van der Waals surface area contributed by atoms with E-state index in [4.69, 9.17) is 0 Å². The summed E-state index contributed by atoms with van der Waals surface area (Å²) in [7, 11) is 0. The van der Waals surface area contributed by atoms with E-state index in [9.17, 15) is 0 Å². The van der Waals surface area contributed by atoms with Crippen LogP contribution in [0.2, 0.25) is 0 Å². The van der Waals surface area contributed by atoms with Gasteiger partial charge >= 0.3 is 0 Å². The van der Waals surface area contributed by atoms with E-state index in [1.54, 1.807) is 11.8 Å². The van der Waals surface area contributed by atoms with Gasteiger partial charge in [0.25, 0.3) is 0 Å². The zero-order valence-corrected chi connectivity index (χ0v) is 11.7. The quantitative estimate of drug-likeness (QED) is 0.593. The van der Waals surface area contributed by atoms with Crippen LogP contribution in [0.25, 0.3) is 12.2 Å². The first-order chi connectivity index (χ1) is 8.81. The van der Waals surface area contributed by atoms with Gasteiger partial charge in [-0.25, -0.2) is 4.57 Å². The van der Waals surface area contributed by atoms with Crippen LogP contribution < -0.4 is 4.57 Å². The molecule has 0 spiro atoms. The third-order valence-electron chi connectivity index (χ3n) is 2.87. The monoisotopic (exact) mass is 256 g/mol. The van der Waals surface area contributed by atoms with Crippen molar-refractivity contribution < 1.29 is 4.57 Å². The fraction of sp³-hybridized carbons (Fsp3) is 0.188. The van der Waals surface area contributed by atoms with Gasteiger partial charge in [0.05, 0.1) is 0 Å². The van der Waals surface area contributed by atoms with Crippen molar-refractivity contribution in [3.05, 3.63) is 59.9 Å². The third kappa shape index (κ3) is 3.47. The molecule has 0 aliphatic heterocycles. The van der Waals surface area contributed by atoms with E-state index in [1.807, 2.05) is 0 Å². The second-order valence-electron chi connectivity index (χ2n) is 4.07. The molecule has 1 heterocycles. The lowest BCUT2D eigenvalue weighted by atomic mass is 10.1. The first-order valence-corrected chi connectivity index (χ1v) is 7.35. The van der Waals surface area contributed by atoms with Crippen LogP contribution in [0.5, 0.6) is 0 Å². The molecule has 2 aromatic rings. The summed E-state index contributed by atoms with van der Waals surface area (Å²) >= 11 is 1.77. The van der Waals surface area contributed by atoms with E-state index < -0.39 is 0 Å². The maximum absolute atomic E-state index is 2.16. The van der Waals surface area contributed by atoms with Gasteiger partial charge in [0.1, 0.15) is 6.54 Å². The molecule has 1 aromatic heterocycles. The van der Waals surface area contributed by atoms with Gasteiger partial charge in [-0.3, -0.25) is 0 Å². The molecule has 0 unspecified atom stereocenters. The van der Waals surface area contributed by atoms with Gasteiger partial charge in [-0.15, -0.1) is 11.8 Å². The summed E-state index contributed by atoms with van der Waals surface area (Å²) < 4.78 is 2.16. The topological polar surface area (TPSA) is 3.88 Å². The molecular weight excluding hydrogens is 238 g/mol. The molecule has 2 heteroatoms. The molecule has 0 atom stereocenters. The Morgan fingerprint density at radius 1 is 0.944 bits per heavy atom. The fourth-order valence-corrected chi connectivity index (χ4v) is 2.11. The van der Waals surface area contributed by atoms with Crippen LogP contribution in [-0.4, -0.2) is 6.26 Å². The lowest BCUT2D eigenvalue weighted by Crippen LogP contribution is -2.30. The van der Waals surface area contributed by atoms with Gasteiger partial charge in [0, 0.05) is 17.0 Å². The van der Waals surface area contributed by atoms with Crippen molar-refractivity contribution in [2.45, 2.75) is 18.4 Å². The smallest absolute Gasteiger partial charge is 0.169 e. The SMILES string of the molecule is CC[n+]1ccc(/C=C/c2ccc(SC)cc2)cc1. The van der Waals surface area contributed by atoms with E-state index in [0.29, 0.717) is 0 Å². The summed E-state index contributed by atoms with van der Waals surface area (Å²) in [5.74, 6) is 0. The highest BCUT2D eigenvalue weighted by molar-refractivity contribution is 7.98. The van der Waals surface area contributed by atoms with E-state index in [1.165, 1.54) is 16.0 Å². The largest absolute Gasteiger partial charge is 0.205 e.